The molecule has 0 aromatic heterocycles. The van der Waals surface area contributed by atoms with E-state index in [-0.39, 0.29) is 6.90 Å². The summed E-state index contributed by atoms with van der Waals surface area (Å²) in [5, 5.41) is 8.96. The van der Waals surface area contributed by atoms with Gasteiger partial charge in [0.25, 0.3) is 0 Å². The van der Waals surface area contributed by atoms with Crippen LogP contribution >= 0.6 is 34.8 Å². The number of alkyl halides is 3. The van der Waals surface area contributed by atoms with Gasteiger partial charge in [0.15, 0.2) is 0 Å². The van der Waals surface area contributed by atoms with Crippen molar-refractivity contribution in [3.8, 4) is 0 Å². The standard InChI is InChI=1S/C4H7Cl3O.H2O.H2/c1-3(2,8)4(5,6)7;;/h8H,1-2H3;1H2;1H. The molecule has 60 valence electrons. The Morgan fingerprint density at radius 2 is 1.33 bits per heavy atom. The van der Waals surface area contributed by atoms with Crippen LogP contribution < -0.4 is 0 Å². The van der Waals surface area contributed by atoms with Gasteiger partial charge in [-0.3, -0.25) is 0 Å². The Hall–Kier alpha value is 0.790. The molecule has 0 spiro atoms. The number of halogens is 3. The van der Waals surface area contributed by atoms with Crippen molar-refractivity contribution in [2.24, 2.45) is 0 Å². The molecule has 0 fully saturated rings. The van der Waals surface area contributed by atoms with Crippen LogP contribution in [-0.2, 0) is 0 Å². The van der Waals surface area contributed by atoms with Crippen LogP contribution in [0.4, 0.5) is 0 Å². The molecule has 0 radical (unpaired) electrons. The third kappa shape index (κ3) is 4.23. The van der Waals surface area contributed by atoms with Crippen molar-refractivity contribution >= 4 is 34.8 Å². The predicted octanol–water partition coefficient (Wildman–Crippen LogP) is 1.55. The lowest BCUT2D eigenvalue weighted by Gasteiger charge is -2.25. The van der Waals surface area contributed by atoms with E-state index >= 15 is 0 Å². The average Bonchev–Trinajstić information content (AvgIpc) is 1.25. The molecule has 0 bridgehead atoms. The van der Waals surface area contributed by atoms with Gasteiger partial charge in [0.2, 0.25) is 3.79 Å². The van der Waals surface area contributed by atoms with E-state index in [0.29, 0.717) is 0 Å². The highest BCUT2D eigenvalue weighted by atomic mass is 35.6. The number of aliphatic hydroxyl groups is 1. The van der Waals surface area contributed by atoms with Crippen molar-refractivity contribution in [2.75, 3.05) is 0 Å². The molecule has 0 aromatic carbocycles. The molecule has 0 unspecified atom stereocenters. The molecule has 0 rings (SSSR count). The van der Waals surface area contributed by atoms with E-state index in [2.05, 4.69) is 0 Å². The lowest BCUT2D eigenvalue weighted by atomic mass is 10.2. The van der Waals surface area contributed by atoms with Gasteiger partial charge in [-0.2, -0.15) is 0 Å². The van der Waals surface area contributed by atoms with Crippen LogP contribution in [0.2, 0.25) is 0 Å². The zero-order valence-electron chi connectivity index (χ0n) is 5.08. The molecule has 2 nitrogen and oxygen atoms in total. The molecular formula is C4H11Cl3O2. The largest absolute Gasteiger partial charge is 0.412 e. The second kappa shape index (κ2) is 3.26. The predicted molar refractivity (Wildman–Crippen MR) is 42.3 cm³/mol. The fraction of sp³-hybridized carbons (Fsp3) is 1.00. The van der Waals surface area contributed by atoms with Crippen LogP contribution in [0.3, 0.4) is 0 Å². The Bertz CT molecular complexity index is 73.5. The van der Waals surface area contributed by atoms with E-state index < -0.39 is 9.39 Å². The van der Waals surface area contributed by atoms with Crippen molar-refractivity contribution in [1.82, 2.24) is 0 Å². The van der Waals surface area contributed by atoms with Crippen molar-refractivity contribution < 1.29 is 12.0 Å². The fourth-order valence-electron chi connectivity index (χ4n) is 0. The maximum Gasteiger partial charge on any atom is 0.218 e. The summed E-state index contributed by atoms with van der Waals surface area (Å²) in [7, 11) is 0. The highest BCUT2D eigenvalue weighted by molar-refractivity contribution is 6.68. The van der Waals surface area contributed by atoms with Crippen LogP contribution in [0.1, 0.15) is 15.3 Å². The minimum Gasteiger partial charge on any atom is -0.412 e. The number of rotatable bonds is 0. The maximum atomic E-state index is 8.96. The SMILES string of the molecule is CC(C)(O)C(Cl)(Cl)Cl.O.[HH]. The van der Waals surface area contributed by atoms with Crippen LogP contribution in [0.5, 0.6) is 0 Å². The molecule has 0 saturated heterocycles. The summed E-state index contributed by atoms with van der Waals surface area (Å²) in [5.74, 6) is 0. The first-order valence-electron chi connectivity index (χ1n) is 2.04. The molecule has 0 aromatic rings. The lowest BCUT2D eigenvalue weighted by molar-refractivity contribution is 0.0847. The third-order valence-electron chi connectivity index (χ3n) is 0.694. The first kappa shape index (κ1) is 12.5. The first-order valence-corrected chi connectivity index (χ1v) is 3.17. The van der Waals surface area contributed by atoms with Crippen LogP contribution in [0, 0.1) is 0 Å². The third-order valence-corrected chi connectivity index (χ3v) is 2.08. The first-order chi connectivity index (χ1) is 3.25. The lowest BCUT2D eigenvalue weighted by Crippen LogP contribution is -2.35. The minimum absolute atomic E-state index is 0. The van der Waals surface area contributed by atoms with Crippen LogP contribution in [0.25, 0.3) is 0 Å². The van der Waals surface area contributed by atoms with Gasteiger partial charge in [-0.15, -0.1) is 0 Å². The molecule has 0 aliphatic rings. The second-order valence-corrected chi connectivity index (χ2v) is 4.34. The highest BCUT2D eigenvalue weighted by Crippen LogP contribution is 2.37. The second-order valence-electron chi connectivity index (χ2n) is 2.06. The van der Waals surface area contributed by atoms with Gasteiger partial charge in [0.05, 0.1) is 0 Å². The van der Waals surface area contributed by atoms with Crippen molar-refractivity contribution in [2.45, 2.75) is 23.2 Å². The Labute approximate surface area is 70.5 Å². The van der Waals surface area contributed by atoms with Gasteiger partial charge in [0, 0.05) is 1.43 Å². The van der Waals surface area contributed by atoms with E-state index in [4.69, 9.17) is 39.9 Å². The molecule has 0 heterocycles. The quantitative estimate of drug-likeness (QED) is 0.589. The molecule has 0 aliphatic heterocycles. The molecular weight excluding hydrogens is 186 g/mol. The minimum atomic E-state index is -1.59. The molecule has 9 heavy (non-hydrogen) atoms. The summed E-state index contributed by atoms with van der Waals surface area (Å²) in [6.07, 6.45) is 0. The Morgan fingerprint density at radius 1 is 1.22 bits per heavy atom. The van der Waals surface area contributed by atoms with Gasteiger partial charge in [-0.25, -0.2) is 0 Å². The summed E-state index contributed by atoms with van der Waals surface area (Å²) in [6.45, 7) is 2.86. The maximum absolute atomic E-state index is 8.96. The molecule has 0 saturated carbocycles. The summed E-state index contributed by atoms with van der Waals surface area (Å²) >= 11 is 15.9. The van der Waals surface area contributed by atoms with E-state index in [1.54, 1.807) is 0 Å². The molecule has 0 aliphatic carbocycles. The fourth-order valence-corrected chi connectivity index (χ4v) is 0. The topological polar surface area (TPSA) is 51.7 Å². The Balaban J connectivity index is -0.000000245. The van der Waals surface area contributed by atoms with E-state index in [1.165, 1.54) is 13.8 Å². The van der Waals surface area contributed by atoms with E-state index in [1.807, 2.05) is 0 Å². The molecule has 3 N–H and O–H groups in total. The summed E-state index contributed by atoms with van der Waals surface area (Å²) in [6, 6.07) is 0. The summed E-state index contributed by atoms with van der Waals surface area (Å²) in [4.78, 5) is 0. The van der Waals surface area contributed by atoms with E-state index in [9.17, 15) is 0 Å². The average molecular weight is 197 g/mol. The highest BCUT2D eigenvalue weighted by Gasteiger charge is 2.38. The normalized spacial score (nSPS) is 12.7. The van der Waals surface area contributed by atoms with E-state index in [0.717, 1.165) is 0 Å². The van der Waals surface area contributed by atoms with Crippen LogP contribution in [0.15, 0.2) is 0 Å². The molecule has 0 amide bonds. The molecule has 5 heteroatoms. The smallest absolute Gasteiger partial charge is 0.218 e. The van der Waals surface area contributed by atoms with Crippen molar-refractivity contribution in [3.05, 3.63) is 0 Å². The zero-order valence-corrected chi connectivity index (χ0v) is 7.35. The Morgan fingerprint density at radius 3 is 1.33 bits per heavy atom. The summed E-state index contributed by atoms with van der Waals surface area (Å²) in [5.41, 5.74) is -1.27. The van der Waals surface area contributed by atoms with Crippen molar-refractivity contribution in [1.29, 1.82) is 0 Å². The van der Waals surface area contributed by atoms with Crippen molar-refractivity contribution in [3.63, 3.8) is 0 Å². The monoisotopic (exact) mass is 196 g/mol. The summed E-state index contributed by atoms with van der Waals surface area (Å²) < 4.78 is -1.59. The molecule has 0 atom stereocenters. The Kier molecular flexibility index (Phi) is 4.52. The van der Waals surface area contributed by atoms with Crippen LogP contribution in [-0.4, -0.2) is 20.0 Å². The number of hydrogen-bond acceptors (Lipinski definition) is 1. The number of hydrogen-bond donors (Lipinski definition) is 1. The van der Waals surface area contributed by atoms with Gasteiger partial charge < -0.3 is 10.6 Å². The van der Waals surface area contributed by atoms with Gasteiger partial charge in [0.1, 0.15) is 5.60 Å². The van der Waals surface area contributed by atoms with Gasteiger partial charge in [-0.1, -0.05) is 34.8 Å². The van der Waals surface area contributed by atoms with Gasteiger partial charge in [-0.05, 0) is 13.8 Å². The van der Waals surface area contributed by atoms with Gasteiger partial charge >= 0.3 is 0 Å². The zero-order chi connectivity index (χ0) is 7.00.